The normalized spacial score (nSPS) is 14.5. The van der Waals surface area contributed by atoms with Crippen LogP contribution in [0.2, 0.25) is 0 Å². The third-order valence-electron chi connectivity index (χ3n) is 2.94. The van der Waals surface area contributed by atoms with Crippen molar-refractivity contribution >= 4 is 15.9 Å². The van der Waals surface area contributed by atoms with Gasteiger partial charge < -0.3 is 19.9 Å². The second-order valence-corrected chi connectivity index (χ2v) is 5.47. The van der Waals surface area contributed by atoms with Crippen molar-refractivity contribution in [2.24, 2.45) is 11.7 Å². The zero-order chi connectivity index (χ0) is 13.7. The van der Waals surface area contributed by atoms with Crippen LogP contribution in [0.25, 0.3) is 0 Å². The summed E-state index contributed by atoms with van der Waals surface area (Å²) >= 11 is 3.49. The van der Waals surface area contributed by atoms with Gasteiger partial charge in [0.05, 0.1) is 17.7 Å². The Morgan fingerprint density at radius 2 is 2.11 bits per heavy atom. The van der Waals surface area contributed by atoms with Gasteiger partial charge in [-0.1, -0.05) is 0 Å². The predicted molar refractivity (Wildman–Crippen MR) is 77.4 cm³/mol. The lowest BCUT2D eigenvalue weighted by Gasteiger charge is -2.15. The van der Waals surface area contributed by atoms with Crippen molar-refractivity contribution < 1.29 is 14.2 Å². The SMILES string of the molecule is CCOc1cc(CN)cc(Br)c1OCOCC1CC1. The average molecular weight is 330 g/mol. The molecule has 0 heterocycles. The molecule has 5 heteroatoms. The Kier molecular flexibility index (Phi) is 5.48. The van der Waals surface area contributed by atoms with Gasteiger partial charge in [-0.05, 0) is 59.3 Å². The molecule has 106 valence electrons. The van der Waals surface area contributed by atoms with Gasteiger partial charge >= 0.3 is 0 Å². The molecular formula is C14H20BrNO3. The number of halogens is 1. The zero-order valence-electron chi connectivity index (χ0n) is 11.2. The lowest BCUT2D eigenvalue weighted by atomic mass is 10.2. The number of ether oxygens (including phenoxy) is 3. The highest BCUT2D eigenvalue weighted by atomic mass is 79.9. The van der Waals surface area contributed by atoms with Crippen LogP contribution in [0.5, 0.6) is 11.5 Å². The van der Waals surface area contributed by atoms with Gasteiger partial charge in [0, 0.05) is 6.54 Å². The Morgan fingerprint density at radius 3 is 2.74 bits per heavy atom. The van der Waals surface area contributed by atoms with Crippen molar-refractivity contribution in [3.63, 3.8) is 0 Å². The van der Waals surface area contributed by atoms with E-state index in [1.165, 1.54) is 12.8 Å². The topological polar surface area (TPSA) is 53.7 Å². The van der Waals surface area contributed by atoms with Gasteiger partial charge in [-0.2, -0.15) is 0 Å². The van der Waals surface area contributed by atoms with Crippen molar-refractivity contribution in [1.29, 1.82) is 0 Å². The summed E-state index contributed by atoms with van der Waals surface area (Å²) in [4.78, 5) is 0. The molecule has 1 aromatic rings. The summed E-state index contributed by atoms with van der Waals surface area (Å²) in [7, 11) is 0. The largest absolute Gasteiger partial charge is 0.490 e. The maximum Gasteiger partial charge on any atom is 0.189 e. The molecule has 0 bridgehead atoms. The van der Waals surface area contributed by atoms with Gasteiger partial charge in [-0.3, -0.25) is 0 Å². The summed E-state index contributed by atoms with van der Waals surface area (Å²) in [6, 6.07) is 3.85. The highest BCUT2D eigenvalue weighted by Gasteiger charge is 2.21. The summed E-state index contributed by atoms with van der Waals surface area (Å²) in [5, 5.41) is 0. The number of nitrogens with two attached hydrogens (primary N) is 1. The van der Waals surface area contributed by atoms with Crippen LogP contribution in [-0.2, 0) is 11.3 Å². The van der Waals surface area contributed by atoms with Gasteiger partial charge in [0.2, 0.25) is 0 Å². The van der Waals surface area contributed by atoms with Crippen LogP contribution in [0.4, 0.5) is 0 Å². The van der Waals surface area contributed by atoms with E-state index in [9.17, 15) is 0 Å². The van der Waals surface area contributed by atoms with Gasteiger partial charge in [-0.25, -0.2) is 0 Å². The van der Waals surface area contributed by atoms with Crippen LogP contribution in [0.15, 0.2) is 16.6 Å². The Balaban J connectivity index is 1.98. The molecule has 1 aliphatic rings. The van der Waals surface area contributed by atoms with Crippen LogP contribution in [0.1, 0.15) is 25.3 Å². The minimum atomic E-state index is 0.247. The molecule has 0 aromatic heterocycles. The van der Waals surface area contributed by atoms with Gasteiger partial charge in [0.1, 0.15) is 0 Å². The fraction of sp³-hybridized carbons (Fsp3) is 0.571. The molecule has 0 radical (unpaired) electrons. The van der Waals surface area contributed by atoms with Crippen molar-refractivity contribution in [1.82, 2.24) is 0 Å². The molecule has 0 unspecified atom stereocenters. The fourth-order valence-corrected chi connectivity index (χ4v) is 2.35. The van der Waals surface area contributed by atoms with Crippen LogP contribution < -0.4 is 15.2 Å². The monoisotopic (exact) mass is 329 g/mol. The summed E-state index contributed by atoms with van der Waals surface area (Å²) in [5.41, 5.74) is 6.66. The quantitative estimate of drug-likeness (QED) is 0.588. The van der Waals surface area contributed by atoms with E-state index in [2.05, 4.69) is 15.9 Å². The Labute approximate surface area is 122 Å². The highest BCUT2D eigenvalue weighted by Crippen LogP contribution is 2.37. The van der Waals surface area contributed by atoms with Crippen molar-refractivity contribution in [3.8, 4) is 11.5 Å². The van der Waals surface area contributed by atoms with E-state index in [0.29, 0.717) is 24.7 Å². The minimum absolute atomic E-state index is 0.247. The first-order chi connectivity index (χ1) is 9.24. The van der Waals surface area contributed by atoms with E-state index in [1.54, 1.807) is 0 Å². The highest BCUT2D eigenvalue weighted by molar-refractivity contribution is 9.10. The zero-order valence-corrected chi connectivity index (χ0v) is 12.7. The predicted octanol–water partition coefficient (Wildman–Crippen LogP) is 3.07. The average Bonchev–Trinajstić information content (AvgIpc) is 3.21. The van der Waals surface area contributed by atoms with Crippen LogP contribution >= 0.6 is 15.9 Å². The molecule has 1 fully saturated rings. The second kappa shape index (κ2) is 7.12. The smallest absolute Gasteiger partial charge is 0.189 e. The van der Waals surface area contributed by atoms with E-state index < -0.39 is 0 Å². The van der Waals surface area contributed by atoms with E-state index in [1.807, 2.05) is 19.1 Å². The van der Waals surface area contributed by atoms with Crippen LogP contribution in [0, 0.1) is 5.92 Å². The van der Waals surface area contributed by atoms with Crippen LogP contribution in [-0.4, -0.2) is 20.0 Å². The standard InChI is InChI=1S/C14H20BrNO3/c1-2-18-13-6-11(7-16)5-12(15)14(13)19-9-17-8-10-3-4-10/h5-6,10H,2-4,7-9,16H2,1H3. The summed E-state index contributed by atoms with van der Waals surface area (Å²) in [6.45, 7) is 4.02. The maximum absolute atomic E-state index is 5.66. The van der Waals surface area contributed by atoms with E-state index in [4.69, 9.17) is 19.9 Å². The maximum atomic E-state index is 5.66. The molecule has 1 aromatic carbocycles. The minimum Gasteiger partial charge on any atom is -0.490 e. The Morgan fingerprint density at radius 1 is 1.32 bits per heavy atom. The molecule has 0 atom stereocenters. The van der Waals surface area contributed by atoms with Gasteiger partial charge in [0.25, 0.3) is 0 Å². The molecule has 0 aliphatic heterocycles. The third kappa shape index (κ3) is 4.37. The molecule has 0 spiro atoms. The Bertz CT molecular complexity index is 421. The summed E-state index contributed by atoms with van der Waals surface area (Å²) < 4.78 is 17.6. The number of hydrogen-bond donors (Lipinski definition) is 1. The van der Waals surface area contributed by atoms with Crippen molar-refractivity contribution in [3.05, 3.63) is 22.2 Å². The lowest BCUT2D eigenvalue weighted by molar-refractivity contribution is 0.00795. The van der Waals surface area contributed by atoms with Gasteiger partial charge in [-0.15, -0.1) is 0 Å². The Hall–Kier alpha value is -0.780. The molecule has 0 saturated heterocycles. The van der Waals surface area contributed by atoms with Crippen molar-refractivity contribution in [2.75, 3.05) is 20.0 Å². The lowest BCUT2D eigenvalue weighted by Crippen LogP contribution is -2.08. The first-order valence-electron chi connectivity index (χ1n) is 6.60. The molecular weight excluding hydrogens is 310 g/mol. The van der Waals surface area contributed by atoms with Crippen molar-refractivity contribution in [2.45, 2.75) is 26.3 Å². The summed E-state index contributed by atoms with van der Waals surface area (Å²) in [6.07, 6.45) is 2.55. The molecule has 0 amide bonds. The molecule has 1 aliphatic carbocycles. The first-order valence-corrected chi connectivity index (χ1v) is 7.39. The van der Waals surface area contributed by atoms with E-state index in [-0.39, 0.29) is 6.79 Å². The fourth-order valence-electron chi connectivity index (χ4n) is 1.74. The molecule has 4 nitrogen and oxygen atoms in total. The molecule has 2 rings (SSSR count). The third-order valence-corrected chi connectivity index (χ3v) is 3.53. The summed E-state index contributed by atoms with van der Waals surface area (Å²) in [5.74, 6) is 2.11. The number of hydrogen-bond acceptors (Lipinski definition) is 4. The van der Waals surface area contributed by atoms with E-state index in [0.717, 1.165) is 22.6 Å². The number of rotatable bonds is 8. The first kappa shape index (κ1) is 14.6. The molecule has 2 N–H and O–H groups in total. The number of benzene rings is 1. The second-order valence-electron chi connectivity index (χ2n) is 4.62. The van der Waals surface area contributed by atoms with Gasteiger partial charge in [0.15, 0.2) is 18.3 Å². The van der Waals surface area contributed by atoms with Crippen LogP contribution in [0.3, 0.4) is 0 Å². The molecule has 19 heavy (non-hydrogen) atoms. The van der Waals surface area contributed by atoms with E-state index >= 15 is 0 Å². The molecule has 1 saturated carbocycles.